The zero-order chi connectivity index (χ0) is 8.91. The minimum atomic E-state index is -1.12. The van der Waals surface area contributed by atoms with E-state index in [-0.39, 0.29) is 5.25 Å². The van der Waals surface area contributed by atoms with Crippen molar-refractivity contribution in [2.45, 2.75) is 29.3 Å². The van der Waals surface area contributed by atoms with Gasteiger partial charge in [-0.25, -0.2) is 0 Å². The fourth-order valence-corrected chi connectivity index (χ4v) is 4.13. The molecule has 68 valence electrons. The topological polar surface area (TPSA) is 0 Å². The van der Waals surface area contributed by atoms with Crippen LogP contribution in [0.2, 0.25) is 0 Å². The molecule has 0 aromatic heterocycles. The molecule has 0 aliphatic rings. The molecule has 0 saturated carbocycles. The Bertz CT molecular complexity index is 102. The maximum Gasteiger partial charge on any atom is 0.203 e. The summed E-state index contributed by atoms with van der Waals surface area (Å²) < 4.78 is -1.12. The Morgan fingerprint density at radius 3 is 2.09 bits per heavy atom. The molecule has 0 spiro atoms. The van der Waals surface area contributed by atoms with Crippen molar-refractivity contribution in [3.63, 3.8) is 0 Å². The molecule has 0 heterocycles. The number of halogens is 3. The molecule has 0 amide bonds. The first-order valence-electron chi connectivity index (χ1n) is 3.37. The van der Waals surface area contributed by atoms with Gasteiger partial charge in [-0.1, -0.05) is 70.2 Å². The van der Waals surface area contributed by atoms with E-state index in [9.17, 15) is 0 Å². The first kappa shape index (κ1) is 12.6. The van der Waals surface area contributed by atoms with Gasteiger partial charge in [-0.2, -0.15) is 0 Å². The molecule has 0 aromatic rings. The van der Waals surface area contributed by atoms with Gasteiger partial charge in [0.1, 0.15) is 0 Å². The first-order valence-corrected chi connectivity index (χ1v) is 6.89. The second-order valence-electron chi connectivity index (χ2n) is 1.94. The first-order chi connectivity index (χ1) is 5.02. The van der Waals surface area contributed by atoms with Crippen LogP contribution in [0.4, 0.5) is 0 Å². The molecule has 0 saturated heterocycles. The molecule has 0 nitrogen and oxygen atoms in total. The molecular formula is C6H11Cl3S2. The Hall–Kier alpha value is 1.57. The zero-order valence-electron chi connectivity index (χ0n) is 6.44. The SMILES string of the molecule is CCSSC(CC)C(Cl)(Cl)Cl. The Balaban J connectivity index is 3.76. The molecule has 0 bridgehead atoms. The van der Waals surface area contributed by atoms with Gasteiger partial charge in [0, 0.05) is 5.75 Å². The Morgan fingerprint density at radius 1 is 1.27 bits per heavy atom. The van der Waals surface area contributed by atoms with E-state index in [4.69, 9.17) is 34.8 Å². The molecule has 0 aliphatic carbocycles. The average Bonchev–Trinajstić information content (AvgIpc) is 1.87. The molecule has 0 rings (SSSR count). The quantitative estimate of drug-likeness (QED) is 0.533. The Kier molecular flexibility index (Phi) is 6.96. The Labute approximate surface area is 91.1 Å². The number of alkyl halides is 3. The highest BCUT2D eigenvalue weighted by atomic mass is 35.6. The standard InChI is InChI=1S/C6H11Cl3S2/c1-3-5(6(7,8)9)11-10-4-2/h5H,3-4H2,1-2H3. The smallest absolute Gasteiger partial charge is 0.0940 e. The molecule has 0 N–H and O–H groups in total. The summed E-state index contributed by atoms with van der Waals surface area (Å²) in [6, 6.07) is 0. The van der Waals surface area contributed by atoms with Crippen LogP contribution in [-0.2, 0) is 0 Å². The molecule has 0 fully saturated rings. The van der Waals surface area contributed by atoms with Crippen LogP contribution in [0.1, 0.15) is 20.3 Å². The van der Waals surface area contributed by atoms with Gasteiger partial charge >= 0.3 is 0 Å². The normalized spacial score (nSPS) is 15.0. The van der Waals surface area contributed by atoms with Gasteiger partial charge in [-0.15, -0.1) is 0 Å². The van der Waals surface area contributed by atoms with Crippen molar-refractivity contribution in [2.24, 2.45) is 0 Å². The van der Waals surface area contributed by atoms with Gasteiger partial charge in [-0.05, 0) is 6.42 Å². The third-order valence-electron chi connectivity index (χ3n) is 1.04. The van der Waals surface area contributed by atoms with Crippen molar-refractivity contribution < 1.29 is 0 Å². The van der Waals surface area contributed by atoms with Crippen LogP contribution in [0.25, 0.3) is 0 Å². The monoisotopic (exact) mass is 252 g/mol. The number of hydrogen-bond acceptors (Lipinski definition) is 2. The lowest BCUT2D eigenvalue weighted by Gasteiger charge is -2.21. The average molecular weight is 254 g/mol. The molecule has 0 radical (unpaired) electrons. The summed E-state index contributed by atoms with van der Waals surface area (Å²) in [7, 11) is 3.38. The summed E-state index contributed by atoms with van der Waals surface area (Å²) in [5, 5.41) is 0.0949. The second kappa shape index (κ2) is 6.09. The maximum atomic E-state index is 5.73. The lowest BCUT2D eigenvalue weighted by molar-refractivity contribution is 0.849. The summed E-state index contributed by atoms with van der Waals surface area (Å²) in [6.07, 6.45) is 0.883. The van der Waals surface area contributed by atoms with E-state index >= 15 is 0 Å². The summed E-state index contributed by atoms with van der Waals surface area (Å²) >= 11 is 17.2. The molecule has 0 aromatic carbocycles. The lowest BCUT2D eigenvalue weighted by atomic mass is 10.4. The van der Waals surface area contributed by atoms with E-state index in [1.165, 1.54) is 0 Å². The minimum absolute atomic E-state index is 0.0949. The zero-order valence-corrected chi connectivity index (χ0v) is 10.3. The van der Waals surface area contributed by atoms with Crippen LogP contribution in [0, 0.1) is 0 Å². The predicted octanol–water partition coefficient (Wildman–Crippen LogP) is 4.54. The molecule has 11 heavy (non-hydrogen) atoms. The van der Waals surface area contributed by atoms with Gasteiger partial charge in [-0.3, -0.25) is 0 Å². The number of rotatable bonds is 4. The van der Waals surface area contributed by atoms with E-state index in [2.05, 4.69) is 6.92 Å². The fraction of sp³-hybridized carbons (Fsp3) is 1.00. The van der Waals surface area contributed by atoms with Crippen LogP contribution < -0.4 is 0 Å². The van der Waals surface area contributed by atoms with Gasteiger partial charge in [0.05, 0.1) is 5.25 Å². The van der Waals surface area contributed by atoms with Gasteiger partial charge in [0.25, 0.3) is 0 Å². The lowest BCUT2D eigenvalue weighted by Crippen LogP contribution is -2.20. The molecule has 5 heteroatoms. The molecular weight excluding hydrogens is 243 g/mol. The minimum Gasteiger partial charge on any atom is -0.0940 e. The van der Waals surface area contributed by atoms with Crippen LogP contribution in [0.5, 0.6) is 0 Å². The van der Waals surface area contributed by atoms with E-state index in [0.717, 1.165) is 12.2 Å². The second-order valence-corrected chi connectivity index (χ2v) is 7.17. The third kappa shape index (κ3) is 5.75. The van der Waals surface area contributed by atoms with Crippen LogP contribution in [0.15, 0.2) is 0 Å². The predicted molar refractivity (Wildman–Crippen MR) is 60.1 cm³/mol. The highest BCUT2D eigenvalue weighted by Gasteiger charge is 2.31. The number of hydrogen-bond donors (Lipinski definition) is 0. The summed E-state index contributed by atoms with van der Waals surface area (Å²) in [5.74, 6) is 1.04. The van der Waals surface area contributed by atoms with E-state index < -0.39 is 3.79 Å². The molecule has 0 aliphatic heterocycles. The van der Waals surface area contributed by atoms with Crippen molar-refractivity contribution in [3.8, 4) is 0 Å². The van der Waals surface area contributed by atoms with Crippen LogP contribution in [-0.4, -0.2) is 14.8 Å². The van der Waals surface area contributed by atoms with Crippen LogP contribution in [0.3, 0.4) is 0 Å². The third-order valence-corrected chi connectivity index (χ3v) is 5.32. The van der Waals surface area contributed by atoms with E-state index in [1.54, 1.807) is 21.6 Å². The van der Waals surface area contributed by atoms with Crippen molar-refractivity contribution >= 4 is 56.4 Å². The van der Waals surface area contributed by atoms with Gasteiger partial charge in [0.2, 0.25) is 3.79 Å². The summed E-state index contributed by atoms with van der Waals surface area (Å²) in [4.78, 5) is 0. The summed E-state index contributed by atoms with van der Waals surface area (Å²) in [6.45, 7) is 4.11. The van der Waals surface area contributed by atoms with Crippen molar-refractivity contribution in [3.05, 3.63) is 0 Å². The molecule has 1 atom stereocenters. The van der Waals surface area contributed by atoms with E-state index in [0.29, 0.717) is 0 Å². The fourth-order valence-electron chi connectivity index (χ4n) is 0.504. The Morgan fingerprint density at radius 2 is 1.82 bits per heavy atom. The van der Waals surface area contributed by atoms with Crippen LogP contribution >= 0.6 is 56.4 Å². The van der Waals surface area contributed by atoms with Crippen molar-refractivity contribution in [2.75, 3.05) is 5.75 Å². The van der Waals surface area contributed by atoms with E-state index in [1.807, 2.05) is 6.92 Å². The maximum absolute atomic E-state index is 5.73. The van der Waals surface area contributed by atoms with Gasteiger partial charge < -0.3 is 0 Å². The summed E-state index contributed by atoms with van der Waals surface area (Å²) in [5.41, 5.74) is 0. The molecule has 1 unspecified atom stereocenters. The highest BCUT2D eigenvalue weighted by molar-refractivity contribution is 8.77. The van der Waals surface area contributed by atoms with Gasteiger partial charge in [0.15, 0.2) is 0 Å². The highest BCUT2D eigenvalue weighted by Crippen LogP contribution is 2.43. The van der Waals surface area contributed by atoms with Crippen molar-refractivity contribution in [1.29, 1.82) is 0 Å². The van der Waals surface area contributed by atoms with Crippen molar-refractivity contribution in [1.82, 2.24) is 0 Å². The largest absolute Gasteiger partial charge is 0.203 e.